The van der Waals surface area contributed by atoms with Crippen LogP contribution in [0.5, 0.6) is 0 Å². The van der Waals surface area contributed by atoms with E-state index in [1.807, 2.05) is 23.5 Å². The fourth-order valence-corrected chi connectivity index (χ4v) is 8.53. The molecule has 0 aliphatic carbocycles. The van der Waals surface area contributed by atoms with E-state index in [1.54, 1.807) is 0 Å². The molecule has 0 unspecified atom stereocenters. The van der Waals surface area contributed by atoms with E-state index in [0.29, 0.717) is 17.5 Å². The van der Waals surface area contributed by atoms with Gasteiger partial charge in [0.05, 0.1) is 0 Å². The predicted molar refractivity (Wildman–Crippen MR) is 231 cm³/mol. The Balaban J connectivity index is 1.18. The summed E-state index contributed by atoms with van der Waals surface area (Å²) in [6, 6.07) is 70.5. The summed E-state index contributed by atoms with van der Waals surface area (Å²) in [5.41, 5.74) is 11.9. The van der Waals surface area contributed by atoms with Crippen molar-refractivity contribution in [1.29, 1.82) is 0 Å². The first-order valence-electron chi connectivity index (χ1n) is 18.4. The summed E-state index contributed by atoms with van der Waals surface area (Å²) in [4.78, 5) is 15.6. The van der Waals surface area contributed by atoms with Crippen LogP contribution in [0.3, 0.4) is 0 Å². The fourth-order valence-electron chi connectivity index (χ4n) is 7.40. The molecule has 0 amide bonds. The van der Waals surface area contributed by atoms with Crippen LogP contribution in [0.4, 0.5) is 0 Å². The molecule has 0 saturated carbocycles. The van der Waals surface area contributed by atoms with Crippen LogP contribution in [-0.4, -0.2) is 15.0 Å². The van der Waals surface area contributed by atoms with Crippen molar-refractivity contribution in [2.45, 2.75) is 0 Å². The molecule has 0 aliphatic heterocycles. The number of thiophene rings is 1. The third kappa shape index (κ3) is 6.39. The van der Waals surface area contributed by atoms with E-state index in [1.165, 1.54) is 31.3 Å². The highest BCUT2D eigenvalue weighted by atomic mass is 32.1. The molecule has 0 fully saturated rings. The van der Waals surface area contributed by atoms with E-state index in [2.05, 4.69) is 188 Å². The average Bonchev–Trinajstić information content (AvgIpc) is 3.66. The summed E-state index contributed by atoms with van der Waals surface area (Å²) in [7, 11) is 0. The molecule has 3 nitrogen and oxygen atoms in total. The second kappa shape index (κ2) is 14.1. The van der Waals surface area contributed by atoms with Crippen molar-refractivity contribution in [2.24, 2.45) is 0 Å². The molecule has 0 bridgehead atoms. The molecule has 0 aliphatic rings. The van der Waals surface area contributed by atoms with Crippen LogP contribution in [0.2, 0.25) is 0 Å². The van der Waals surface area contributed by atoms with E-state index in [0.717, 1.165) is 50.1 Å². The first kappa shape index (κ1) is 32.6. The summed E-state index contributed by atoms with van der Waals surface area (Å²) >= 11 is 1.84. The number of rotatable bonds is 7. The van der Waals surface area contributed by atoms with Gasteiger partial charge in [0.25, 0.3) is 0 Å². The highest BCUT2D eigenvalue weighted by Crippen LogP contribution is 2.42. The van der Waals surface area contributed by atoms with Crippen LogP contribution in [0.1, 0.15) is 0 Å². The maximum Gasteiger partial charge on any atom is 0.164 e. The van der Waals surface area contributed by atoms with Crippen molar-refractivity contribution in [3.63, 3.8) is 0 Å². The zero-order valence-electron chi connectivity index (χ0n) is 29.8. The van der Waals surface area contributed by atoms with Gasteiger partial charge < -0.3 is 0 Å². The van der Waals surface area contributed by atoms with E-state index in [9.17, 15) is 0 Å². The standard InChI is InChI=1S/C51H33N3S/c1-4-14-34(15-5-1)37-26-28-38(29-27-37)49-52-50(40-21-12-20-39(30-40)35-16-6-2-7-17-35)54-51(53-49)43-32-41(36-18-8-3-9-19-36)31-42(33-43)44-23-13-25-47-48(44)45-22-10-11-24-46(45)55-47/h1-33H. The predicted octanol–water partition coefficient (Wildman–Crippen LogP) is 13.9. The molecule has 4 heteroatoms. The monoisotopic (exact) mass is 719 g/mol. The lowest BCUT2D eigenvalue weighted by Crippen LogP contribution is -2.01. The third-order valence-corrected chi connectivity index (χ3v) is 11.3. The number of aromatic nitrogens is 3. The van der Waals surface area contributed by atoms with Crippen LogP contribution >= 0.6 is 11.3 Å². The summed E-state index contributed by atoms with van der Waals surface area (Å²) in [6.07, 6.45) is 0. The van der Waals surface area contributed by atoms with Gasteiger partial charge in [-0.1, -0.05) is 164 Å². The number of benzene rings is 8. The van der Waals surface area contributed by atoms with Gasteiger partial charge in [-0.05, 0) is 80.9 Å². The first-order chi connectivity index (χ1) is 27.2. The highest BCUT2D eigenvalue weighted by molar-refractivity contribution is 7.25. The molecule has 0 atom stereocenters. The van der Waals surface area contributed by atoms with Gasteiger partial charge in [-0.2, -0.15) is 0 Å². The number of hydrogen-bond acceptors (Lipinski definition) is 4. The minimum atomic E-state index is 0.624. The van der Waals surface area contributed by atoms with Gasteiger partial charge in [0.15, 0.2) is 17.5 Å². The molecule has 0 spiro atoms. The van der Waals surface area contributed by atoms with Gasteiger partial charge in [0.2, 0.25) is 0 Å². The third-order valence-electron chi connectivity index (χ3n) is 10.1. The summed E-state index contributed by atoms with van der Waals surface area (Å²) in [6.45, 7) is 0. The van der Waals surface area contributed by atoms with Gasteiger partial charge in [-0.25, -0.2) is 15.0 Å². The van der Waals surface area contributed by atoms with Crippen LogP contribution < -0.4 is 0 Å². The zero-order chi connectivity index (χ0) is 36.6. The molecule has 2 heterocycles. The zero-order valence-corrected chi connectivity index (χ0v) is 30.6. The second-order valence-electron chi connectivity index (χ2n) is 13.6. The Hall–Kier alpha value is -7.01. The van der Waals surface area contributed by atoms with Crippen molar-refractivity contribution in [3.8, 4) is 78.7 Å². The van der Waals surface area contributed by atoms with Gasteiger partial charge in [0, 0.05) is 36.9 Å². The molecular weight excluding hydrogens is 687 g/mol. The van der Waals surface area contributed by atoms with Crippen LogP contribution in [0.15, 0.2) is 200 Å². The van der Waals surface area contributed by atoms with Crippen molar-refractivity contribution >= 4 is 31.5 Å². The van der Waals surface area contributed by atoms with Crippen molar-refractivity contribution in [3.05, 3.63) is 200 Å². The minimum absolute atomic E-state index is 0.624. The molecule has 55 heavy (non-hydrogen) atoms. The Labute approximate surface area is 323 Å². The van der Waals surface area contributed by atoms with Gasteiger partial charge in [-0.15, -0.1) is 11.3 Å². The van der Waals surface area contributed by atoms with Crippen molar-refractivity contribution < 1.29 is 0 Å². The average molecular weight is 720 g/mol. The van der Waals surface area contributed by atoms with Gasteiger partial charge in [0.1, 0.15) is 0 Å². The Morgan fingerprint density at radius 2 is 0.709 bits per heavy atom. The molecule has 2 aromatic heterocycles. The molecule has 10 aromatic rings. The fraction of sp³-hybridized carbons (Fsp3) is 0. The highest BCUT2D eigenvalue weighted by Gasteiger charge is 2.17. The smallest absolute Gasteiger partial charge is 0.164 e. The largest absolute Gasteiger partial charge is 0.208 e. The van der Waals surface area contributed by atoms with Gasteiger partial charge in [-0.3, -0.25) is 0 Å². The number of nitrogens with zero attached hydrogens (tertiary/aromatic N) is 3. The Morgan fingerprint density at radius 3 is 1.42 bits per heavy atom. The summed E-state index contributed by atoms with van der Waals surface area (Å²) in [5, 5.41) is 2.54. The topological polar surface area (TPSA) is 38.7 Å². The number of fused-ring (bicyclic) bond motifs is 3. The molecule has 0 N–H and O–H groups in total. The molecular formula is C51H33N3S. The van der Waals surface area contributed by atoms with Gasteiger partial charge >= 0.3 is 0 Å². The van der Waals surface area contributed by atoms with E-state index in [4.69, 9.17) is 15.0 Å². The van der Waals surface area contributed by atoms with Crippen LogP contribution in [-0.2, 0) is 0 Å². The quantitative estimate of drug-likeness (QED) is 0.165. The van der Waals surface area contributed by atoms with E-state index >= 15 is 0 Å². The lowest BCUT2D eigenvalue weighted by atomic mass is 9.93. The molecule has 10 rings (SSSR count). The molecule has 0 saturated heterocycles. The van der Waals surface area contributed by atoms with E-state index in [-0.39, 0.29) is 0 Å². The second-order valence-corrected chi connectivity index (χ2v) is 14.7. The minimum Gasteiger partial charge on any atom is -0.208 e. The Kier molecular flexibility index (Phi) is 8.36. The lowest BCUT2D eigenvalue weighted by Gasteiger charge is -2.14. The first-order valence-corrected chi connectivity index (χ1v) is 19.2. The molecule has 258 valence electrons. The van der Waals surface area contributed by atoms with Crippen LogP contribution in [0.25, 0.3) is 98.8 Å². The summed E-state index contributed by atoms with van der Waals surface area (Å²) < 4.78 is 2.56. The van der Waals surface area contributed by atoms with Crippen LogP contribution in [0, 0.1) is 0 Å². The summed E-state index contributed by atoms with van der Waals surface area (Å²) in [5.74, 6) is 1.88. The normalized spacial score (nSPS) is 11.3. The van der Waals surface area contributed by atoms with E-state index < -0.39 is 0 Å². The Morgan fingerprint density at radius 1 is 0.273 bits per heavy atom. The molecule has 8 aromatic carbocycles. The number of hydrogen-bond donors (Lipinski definition) is 0. The van der Waals surface area contributed by atoms with Crippen molar-refractivity contribution in [1.82, 2.24) is 15.0 Å². The lowest BCUT2D eigenvalue weighted by molar-refractivity contribution is 1.07. The SMILES string of the molecule is c1ccc(-c2ccc(-c3nc(-c4cccc(-c5ccccc5)c4)nc(-c4cc(-c5ccccc5)cc(-c5cccc6sc7ccccc7c56)c4)n3)cc2)cc1. The Bertz CT molecular complexity index is 2950. The maximum atomic E-state index is 5.25. The molecule has 0 radical (unpaired) electrons. The maximum absolute atomic E-state index is 5.25. The van der Waals surface area contributed by atoms with Crippen molar-refractivity contribution in [2.75, 3.05) is 0 Å².